The van der Waals surface area contributed by atoms with Crippen molar-refractivity contribution in [1.82, 2.24) is 10.1 Å². The molecule has 22 heavy (non-hydrogen) atoms. The number of nitro groups is 1. The summed E-state index contributed by atoms with van der Waals surface area (Å²) in [5.41, 5.74) is 1.20. The zero-order valence-electron chi connectivity index (χ0n) is 11.6. The Kier molecular flexibility index (Phi) is 3.53. The van der Waals surface area contributed by atoms with Gasteiger partial charge in [0.1, 0.15) is 5.75 Å². The molecule has 0 aliphatic rings. The van der Waals surface area contributed by atoms with Crippen LogP contribution in [0.5, 0.6) is 5.75 Å². The number of methoxy groups -OCH3 is 1. The van der Waals surface area contributed by atoms with Crippen molar-refractivity contribution in [3.8, 4) is 28.6 Å². The van der Waals surface area contributed by atoms with Gasteiger partial charge >= 0.3 is 0 Å². The summed E-state index contributed by atoms with van der Waals surface area (Å²) in [5.74, 6) is 1.29. The van der Waals surface area contributed by atoms with Gasteiger partial charge in [0.05, 0.1) is 12.0 Å². The molecular formula is C15H11N3O4. The number of nitrogens with zero attached hydrogens (tertiary/aromatic N) is 3. The van der Waals surface area contributed by atoms with Crippen LogP contribution in [-0.2, 0) is 0 Å². The van der Waals surface area contributed by atoms with Gasteiger partial charge in [-0.2, -0.15) is 4.98 Å². The molecule has 0 radical (unpaired) electrons. The van der Waals surface area contributed by atoms with E-state index in [0.717, 1.165) is 5.56 Å². The van der Waals surface area contributed by atoms with Crippen molar-refractivity contribution in [3.63, 3.8) is 0 Å². The minimum Gasteiger partial charge on any atom is -0.497 e. The van der Waals surface area contributed by atoms with E-state index in [4.69, 9.17) is 9.26 Å². The van der Waals surface area contributed by atoms with E-state index in [-0.39, 0.29) is 11.6 Å². The summed E-state index contributed by atoms with van der Waals surface area (Å²) >= 11 is 0. The Labute approximate surface area is 125 Å². The average molecular weight is 297 g/mol. The molecule has 0 saturated heterocycles. The second-order valence-corrected chi connectivity index (χ2v) is 4.46. The van der Waals surface area contributed by atoms with E-state index in [9.17, 15) is 10.1 Å². The van der Waals surface area contributed by atoms with E-state index >= 15 is 0 Å². The second kappa shape index (κ2) is 5.65. The Bertz CT molecular complexity index is 829. The molecule has 0 atom stereocenters. The quantitative estimate of drug-likeness (QED) is 0.542. The highest BCUT2D eigenvalue weighted by atomic mass is 16.6. The number of hydrogen-bond acceptors (Lipinski definition) is 6. The molecule has 0 aliphatic carbocycles. The Morgan fingerprint density at radius 1 is 1.14 bits per heavy atom. The van der Waals surface area contributed by atoms with Crippen molar-refractivity contribution >= 4 is 5.69 Å². The lowest BCUT2D eigenvalue weighted by molar-refractivity contribution is -0.384. The summed E-state index contributed by atoms with van der Waals surface area (Å²) in [4.78, 5) is 14.6. The van der Waals surface area contributed by atoms with Gasteiger partial charge in [-0.25, -0.2) is 0 Å². The standard InChI is InChI=1S/C15H11N3O4/c1-21-13-7-3-4-10(9-13)14-16-15(22-17-14)11-5-2-6-12(8-11)18(19)20/h2-9H,1H3. The number of aromatic nitrogens is 2. The number of hydrogen-bond donors (Lipinski definition) is 0. The Balaban J connectivity index is 1.96. The summed E-state index contributed by atoms with van der Waals surface area (Å²) in [5, 5.41) is 14.7. The third-order valence-electron chi connectivity index (χ3n) is 3.06. The van der Waals surface area contributed by atoms with Gasteiger partial charge in [-0.1, -0.05) is 23.4 Å². The molecule has 3 rings (SSSR count). The Morgan fingerprint density at radius 2 is 1.91 bits per heavy atom. The molecule has 0 unspecified atom stereocenters. The van der Waals surface area contributed by atoms with Crippen molar-refractivity contribution in [2.45, 2.75) is 0 Å². The molecule has 7 heteroatoms. The predicted octanol–water partition coefficient (Wildman–Crippen LogP) is 3.32. The number of ether oxygens (including phenoxy) is 1. The predicted molar refractivity (Wildman–Crippen MR) is 78.4 cm³/mol. The Hall–Kier alpha value is -3.22. The highest BCUT2D eigenvalue weighted by Crippen LogP contribution is 2.26. The molecule has 0 saturated carbocycles. The molecule has 0 bridgehead atoms. The van der Waals surface area contributed by atoms with E-state index in [1.54, 1.807) is 25.3 Å². The zero-order valence-corrected chi connectivity index (χ0v) is 11.6. The lowest BCUT2D eigenvalue weighted by Gasteiger charge is -1.99. The van der Waals surface area contributed by atoms with Gasteiger partial charge in [-0.05, 0) is 18.2 Å². The highest BCUT2D eigenvalue weighted by Gasteiger charge is 2.14. The molecule has 1 heterocycles. The molecule has 3 aromatic rings. The first-order valence-electron chi connectivity index (χ1n) is 6.40. The first-order valence-corrected chi connectivity index (χ1v) is 6.40. The summed E-state index contributed by atoms with van der Waals surface area (Å²) in [6.45, 7) is 0. The molecule has 110 valence electrons. The van der Waals surface area contributed by atoms with E-state index in [0.29, 0.717) is 17.1 Å². The second-order valence-electron chi connectivity index (χ2n) is 4.46. The number of rotatable bonds is 4. The molecule has 0 N–H and O–H groups in total. The molecule has 0 aliphatic heterocycles. The van der Waals surface area contributed by atoms with Crippen LogP contribution in [0.4, 0.5) is 5.69 Å². The number of non-ortho nitro benzene ring substituents is 1. The normalized spacial score (nSPS) is 10.4. The van der Waals surface area contributed by atoms with Crippen LogP contribution in [0.1, 0.15) is 0 Å². The Morgan fingerprint density at radius 3 is 2.68 bits per heavy atom. The molecule has 0 amide bonds. The third kappa shape index (κ3) is 2.64. The maximum Gasteiger partial charge on any atom is 0.270 e. The lowest BCUT2D eigenvalue weighted by atomic mass is 10.2. The zero-order chi connectivity index (χ0) is 15.5. The van der Waals surface area contributed by atoms with Crippen LogP contribution in [0.3, 0.4) is 0 Å². The number of nitro benzene ring substituents is 1. The van der Waals surface area contributed by atoms with Crippen LogP contribution >= 0.6 is 0 Å². The van der Waals surface area contributed by atoms with Crippen molar-refractivity contribution in [2.24, 2.45) is 0 Å². The van der Waals surface area contributed by atoms with E-state index in [2.05, 4.69) is 10.1 Å². The molecule has 7 nitrogen and oxygen atoms in total. The molecule has 2 aromatic carbocycles. The SMILES string of the molecule is COc1cccc(-c2noc(-c3cccc([N+](=O)[O-])c3)n2)c1. The van der Waals surface area contributed by atoms with Crippen molar-refractivity contribution in [2.75, 3.05) is 7.11 Å². The van der Waals surface area contributed by atoms with Crippen LogP contribution in [0.25, 0.3) is 22.8 Å². The van der Waals surface area contributed by atoms with Crippen LogP contribution in [0.15, 0.2) is 53.1 Å². The van der Waals surface area contributed by atoms with Gasteiger partial charge in [-0.3, -0.25) is 10.1 Å². The summed E-state index contributed by atoms with van der Waals surface area (Å²) in [7, 11) is 1.57. The monoisotopic (exact) mass is 297 g/mol. The van der Waals surface area contributed by atoms with Gasteiger partial charge in [0, 0.05) is 23.3 Å². The summed E-state index contributed by atoms with van der Waals surface area (Å²) in [6, 6.07) is 13.3. The largest absolute Gasteiger partial charge is 0.497 e. The third-order valence-corrected chi connectivity index (χ3v) is 3.06. The van der Waals surface area contributed by atoms with Gasteiger partial charge in [-0.15, -0.1) is 0 Å². The van der Waals surface area contributed by atoms with Crippen molar-refractivity contribution in [3.05, 3.63) is 58.6 Å². The van der Waals surface area contributed by atoms with Crippen molar-refractivity contribution in [1.29, 1.82) is 0 Å². The van der Waals surface area contributed by atoms with Gasteiger partial charge in [0.15, 0.2) is 0 Å². The van der Waals surface area contributed by atoms with Crippen LogP contribution in [0.2, 0.25) is 0 Å². The maximum atomic E-state index is 10.8. The fourth-order valence-electron chi connectivity index (χ4n) is 1.97. The fraction of sp³-hybridized carbons (Fsp3) is 0.0667. The highest BCUT2D eigenvalue weighted by molar-refractivity contribution is 5.62. The molecule has 0 spiro atoms. The lowest BCUT2D eigenvalue weighted by Crippen LogP contribution is -1.88. The first kappa shape index (κ1) is 13.7. The van der Waals surface area contributed by atoms with Crippen LogP contribution in [-0.4, -0.2) is 22.2 Å². The fourth-order valence-corrected chi connectivity index (χ4v) is 1.97. The average Bonchev–Trinajstić information content (AvgIpc) is 3.05. The van der Waals surface area contributed by atoms with Gasteiger partial charge in [0.25, 0.3) is 11.6 Å². The van der Waals surface area contributed by atoms with E-state index in [1.165, 1.54) is 12.1 Å². The first-order chi connectivity index (χ1) is 10.7. The summed E-state index contributed by atoms with van der Waals surface area (Å²) in [6.07, 6.45) is 0. The smallest absolute Gasteiger partial charge is 0.270 e. The molecular weight excluding hydrogens is 286 g/mol. The maximum absolute atomic E-state index is 10.8. The van der Waals surface area contributed by atoms with E-state index in [1.807, 2.05) is 18.2 Å². The van der Waals surface area contributed by atoms with E-state index < -0.39 is 4.92 Å². The minimum atomic E-state index is -0.469. The summed E-state index contributed by atoms with van der Waals surface area (Å²) < 4.78 is 10.3. The van der Waals surface area contributed by atoms with Gasteiger partial charge in [0.2, 0.25) is 5.82 Å². The minimum absolute atomic E-state index is 0.0290. The van der Waals surface area contributed by atoms with Crippen LogP contribution in [0, 0.1) is 10.1 Å². The van der Waals surface area contributed by atoms with Crippen molar-refractivity contribution < 1.29 is 14.2 Å². The topological polar surface area (TPSA) is 91.3 Å². The van der Waals surface area contributed by atoms with Crippen LogP contribution < -0.4 is 4.74 Å². The molecule has 0 fully saturated rings. The van der Waals surface area contributed by atoms with Gasteiger partial charge < -0.3 is 9.26 Å². The molecule has 1 aromatic heterocycles. The number of benzene rings is 2.